The van der Waals surface area contributed by atoms with E-state index in [0.29, 0.717) is 0 Å². The normalized spacial score (nSPS) is 11.0. The number of phenols is 1. The van der Waals surface area contributed by atoms with E-state index in [2.05, 4.69) is 9.47 Å². The Morgan fingerprint density at radius 3 is 2.50 bits per heavy atom. The largest absolute Gasteiger partial charge is 0.573 e. The quantitative estimate of drug-likeness (QED) is 0.798. The molecule has 4 nitrogen and oxygen atoms in total. The second-order valence-electron chi connectivity index (χ2n) is 2.69. The van der Waals surface area contributed by atoms with Crippen LogP contribution in [0.15, 0.2) is 18.2 Å². The Hall–Kier alpha value is -1.92. The lowest BCUT2D eigenvalue weighted by Gasteiger charge is -2.11. The van der Waals surface area contributed by atoms with Crippen molar-refractivity contribution in [3.63, 3.8) is 0 Å². The Kier molecular flexibility index (Phi) is 3.26. The molecule has 16 heavy (non-hydrogen) atoms. The van der Waals surface area contributed by atoms with Crippen LogP contribution in [0.4, 0.5) is 13.2 Å². The zero-order chi connectivity index (χ0) is 12.3. The summed E-state index contributed by atoms with van der Waals surface area (Å²) in [6, 6.07) is 3.13. The van der Waals surface area contributed by atoms with Crippen molar-refractivity contribution in [2.45, 2.75) is 6.36 Å². The van der Waals surface area contributed by atoms with Gasteiger partial charge in [-0.2, -0.15) is 0 Å². The van der Waals surface area contributed by atoms with Gasteiger partial charge in [-0.25, -0.2) is 4.79 Å². The summed E-state index contributed by atoms with van der Waals surface area (Å²) >= 11 is 0. The number of methoxy groups -OCH3 is 1. The van der Waals surface area contributed by atoms with Crippen molar-refractivity contribution in [3.8, 4) is 11.5 Å². The minimum Gasteiger partial charge on any atom is -0.504 e. The van der Waals surface area contributed by atoms with Crippen molar-refractivity contribution in [2.24, 2.45) is 0 Å². The first-order valence-electron chi connectivity index (χ1n) is 4.01. The van der Waals surface area contributed by atoms with Crippen LogP contribution in [0.2, 0.25) is 0 Å². The molecule has 0 aromatic heterocycles. The molecule has 0 fully saturated rings. The Bertz CT molecular complexity index is 400. The molecule has 1 aromatic rings. The van der Waals surface area contributed by atoms with Crippen molar-refractivity contribution in [1.82, 2.24) is 0 Å². The van der Waals surface area contributed by atoms with Crippen LogP contribution < -0.4 is 4.74 Å². The molecule has 0 aliphatic rings. The molecule has 0 unspecified atom stereocenters. The van der Waals surface area contributed by atoms with Gasteiger partial charge in [0, 0.05) is 0 Å². The summed E-state index contributed by atoms with van der Waals surface area (Å²) in [5, 5.41) is 9.33. The number of phenolic OH excluding ortho intramolecular Hbond substituents is 1. The maximum absolute atomic E-state index is 11.9. The van der Waals surface area contributed by atoms with Gasteiger partial charge in [-0.15, -0.1) is 13.2 Å². The first-order chi connectivity index (χ1) is 7.35. The minimum absolute atomic E-state index is 0.399. The highest BCUT2D eigenvalue weighted by atomic mass is 19.4. The Morgan fingerprint density at radius 2 is 2.00 bits per heavy atom. The molecule has 1 N–H and O–H groups in total. The van der Waals surface area contributed by atoms with Crippen LogP contribution in [0.3, 0.4) is 0 Å². The summed E-state index contributed by atoms with van der Waals surface area (Å²) in [7, 11) is 1.04. The van der Waals surface area contributed by atoms with Gasteiger partial charge in [0.1, 0.15) is 5.56 Å². The number of rotatable bonds is 2. The third kappa shape index (κ3) is 2.78. The van der Waals surface area contributed by atoms with E-state index in [9.17, 15) is 23.1 Å². The van der Waals surface area contributed by atoms with Crippen molar-refractivity contribution in [2.75, 3.05) is 7.11 Å². The Morgan fingerprint density at radius 1 is 1.38 bits per heavy atom. The van der Waals surface area contributed by atoms with Gasteiger partial charge in [-0.3, -0.25) is 0 Å². The van der Waals surface area contributed by atoms with Gasteiger partial charge in [0.05, 0.1) is 7.11 Å². The molecule has 0 heterocycles. The van der Waals surface area contributed by atoms with E-state index >= 15 is 0 Å². The fourth-order valence-electron chi connectivity index (χ4n) is 1.00. The van der Waals surface area contributed by atoms with Crippen LogP contribution in [-0.4, -0.2) is 24.5 Å². The maximum Gasteiger partial charge on any atom is 0.573 e. The highest BCUT2D eigenvalue weighted by Crippen LogP contribution is 2.34. The average Bonchev–Trinajstić information content (AvgIpc) is 2.18. The zero-order valence-corrected chi connectivity index (χ0v) is 8.04. The molecule has 0 bridgehead atoms. The fourth-order valence-corrected chi connectivity index (χ4v) is 1.00. The first-order valence-corrected chi connectivity index (χ1v) is 4.01. The number of benzene rings is 1. The molecule has 7 heteroatoms. The molecule has 1 rings (SSSR count). The number of hydrogen-bond donors (Lipinski definition) is 1. The third-order valence-corrected chi connectivity index (χ3v) is 1.63. The molecule has 0 amide bonds. The van der Waals surface area contributed by atoms with Gasteiger partial charge >= 0.3 is 12.3 Å². The number of halogens is 3. The number of carbonyl (C=O) groups is 1. The van der Waals surface area contributed by atoms with Crippen LogP contribution in [0.25, 0.3) is 0 Å². The molecular formula is C9H7F3O4. The maximum atomic E-state index is 11.9. The minimum atomic E-state index is -4.94. The predicted octanol–water partition coefficient (Wildman–Crippen LogP) is 2.08. The first kappa shape index (κ1) is 12.2. The topological polar surface area (TPSA) is 55.8 Å². The number of para-hydroxylation sites is 1. The number of aromatic hydroxyl groups is 1. The van der Waals surface area contributed by atoms with Crippen molar-refractivity contribution >= 4 is 5.97 Å². The summed E-state index contributed by atoms with van der Waals surface area (Å²) in [6.07, 6.45) is -4.94. The van der Waals surface area contributed by atoms with Gasteiger partial charge in [-0.05, 0) is 12.1 Å². The van der Waals surface area contributed by atoms with Gasteiger partial charge in [0.15, 0.2) is 11.5 Å². The number of alkyl halides is 3. The van der Waals surface area contributed by atoms with E-state index in [1.807, 2.05) is 0 Å². The van der Waals surface area contributed by atoms with Crippen LogP contribution in [-0.2, 0) is 4.74 Å². The van der Waals surface area contributed by atoms with E-state index in [0.717, 1.165) is 25.3 Å². The predicted molar refractivity (Wildman–Crippen MR) is 46.1 cm³/mol. The number of carbonyl (C=O) groups excluding carboxylic acids is 1. The van der Waals surface area contributed by atoms with E-state index in [-0.39, 0.29) is 0 Å². The summed E-state index contributed by atoms with van der Waals surface area (Å²) in [5.41, 5.74) is -0.399. The smallest absolute Gasteiger partial charge is 0.504 e. The van der Waals surface area contributed by atoms with Crippen molar-refractivity contribution < 1.29 is 32.5 Å². The molecule has 0 saturated carbocycles. The van der Waals surface area contributed by atoms with Crippen LogP contribution in [0.5, 0.6) is 11.5 Å². The molecule has 0 radical (unpaired) electrons. The van der Waals surface area contributed by atoms with Gasteiger partial charge in [0.25, 0.3) is 0 Å². The highest BCUT2D eigenvalue weighted by molar-refractivity contribution is 5.93. The number of esters is 1. The van der Waals surface area contributed by atoms with Crippen molar-refractivity contribution in [1.29, 1.82) is 0 Å². The van der Waals surface area contributed by atoms with E-state index < -0.39 is 29.4 Å². The standard InChI is InChI=1S/C9H7F3O4/c1-15-8(14)5-3-2-4-6(7(5)13)16-9(10,11)12/h2-4,13H,1H3. The lowest BCUT2D eigenvalue weighted by Crippen LogP contribution is -2.17. The van der Waals surface area contributed by atoms with E-state index in [1.54, 1.807) is 0 Å². The van der Waals surface area contributed by atoms with Crippen molar-refractivity contribution in [3.05, 3.63) is 23.8 Å². The molecule has 0 atom stereocenters. The average molecular weight is 236 g/mol. The molecule has 0 spiro atoms. The zero-order valence-electron chi connectivity index (χ0n) is 8.04. The fraction of sp³-hybridized carbons (Fsp3) is 0.222. The molecule has 0 saturated heterocycles. The lowest BCUT2D eigenvalue weighted by atomic mass is 10.2. The number of hydrogen-bond acceptors (Lipinski definition) is 4. The number of ether oxygens (including phenoxy) is 2. The SMILES string of the molecule is COC(=O)c1cccc(OC(F)(F)F)c1O. The van der Waals surface area contributed by atoms with Crippen LogP contribution in [0.1, 0.15) is 10.4 Å². The lowest BCUT2D eigenvalue weighted by molar-refractivity contribution is -0.275. The summed E-state index contributed by atoms with van der Waals surface area (Å²) < 4.78 is 43.4. The Labute approximate surface area is 88.2 Å². The highest BCUT2D eigenvalue weighted by Gasteiger charge is 2.33. The van der Waals surface area contributed by atoms with Gasteiger partial charge < -0.3 is 14.6 Å². The van der Waals surface area contributed by atoms with Crippen LogP contribution in [0, 0.1) is 0 Å². The van der Waals surface area contributed by atoms with Gasteiger partial charge in [-0.1, -0.05) is 6.07 Å². The summed E-state index contributed by atoms with van der Waals surface area (Å²) in [4.78, 5) is 11.0. The molecule has 0 aliphatic heterocycles. The monoisotopic (exact) mass is 236 g/mol. The molecule has 0 aliphatic carbocycles. The summed E-state index contributed by atoms with van der Waals surface area (Å²) in [6.45, 7) is 0. The van der Waals surface area contributed by atoms with E-state index in [4.69, 9.17) is 0 Å². The van der Waals surface area contributed by atoms with Gasteiger partial charge in [0.2, 0.25) is 0 Å². The molecule has 88 valence electrons. The summed E-state index contributed by atoms with van der Waals surface area (Å²) in [5.74, 6) is -2.72. The molecular weight excluding hydrogens is 229 g/mol. The second-order valence-corrected chi connectivity index (χ2v) is 2.69. The Balaban J connectivity index is 3.09. The second kappa shape index (κ2) is 4.30. The van der Waals surface area contributed by atoms with Crippen LogP contribution >= 0.6 is 0 Å². The third-order valence-electron chi connectivity index (χ3n) is 1.63. The molecule has 1 aromatic carbocycles. The van der Waals surface area contributed by atoms with E-state index in [1.165, 1.54) is 0 Å².